The highest BCUT2D eigenvalue weighted by Crippen LogP contribution is 2.59. The third-order valence-corrected chi connectivity index (χ3v) is 4.96. The molecule has 1 heterocycles. The number of rotatable bonds is 4. The summed E-state index contributed by atoms with van der Waals surface area (Å²) in [7, 11) is 0. The maximum atomic E-state index is 5.63. The number of aromatic nitrogens is 2. The summed E-state index contributed by atoms with van der Waals surface area (Å²) in [4.78, 5) is 8.31. The number of nitrogens with two attached hydrogens (primary N) is 1. The molecule has 3 N–H and O–H groups in total. The molecule has 4 heteroatoms. The standard InChI is InChI=1S/C15H22N4/c1-15(2)11-4-3-10(12(15)9-11)5-7-17-14-18-8-6-13(16)19-14/h3,6,8,11-12H,4-5,7,9H2,1-2H3,(H3,16,17,18,19)/t11-,12-/m0/s1. The lowest BCUT2D eigenvalue weighted by molar-refractivity contribution is -0.00789. The highest BCUT2D eigenvalue weighted by Gasteiger charge is 2.50. The van der Waals surface area contributed by atoms with E-state index in [2.05, 4.69) is 35.2 Å². The maximum absolute atomic E-state index is 5.63. The molecule has 0 spiro atoms. The maximum Gasteiger partial charge on any atom is 0.224 e. The summed E-state index contributed by atoms with van der Waals surface area (Å²) in [5.74, 6) is 2.83. The number of allylic oxidation sites excluding steroid dienone is 1. The van der Waals surface area contributed by atoms with Crippen LogP contribution in [-0.2, 0) is 0 Å². The van der Waals surface area contributed by atoms with Gasteiger partial charge in [0.25, 0.3) is 0 Å². The summed E-state index contributed by atoms with van der Waals surface area (Å²) >= 11 is 0. The first-order valence-corrected chi connectivity index (χ1v) is 7.08. The summed E-state index contributed by atoms with van der Waals surface area (Å²) in [5, 5.41) is 3.25. The zero-order valence-electron chi connectivity index (χ0n) is 11.7. The second-order valence-electron chi connectivity index (χ2n) is 6.30. The van der Waals surface area contributed by atoms with Gasteiger partial charge in [0.1, 0.15) is 5.82 Å². The smallest absolute Gasteiger partial charge is 0.224 e. The van der Waals surface area contributed by atoms with Crippen LogP contribution >= 0.6 is 0 Å². The van der Waals surface area contributed by atoms with Crippen molar-refractivity contribution < 1.29 is 0 Å². The van der Waals surface area contributed by atoms with Crippen LogP contribution in [0.5, 0.6) is 0 Å². The minimum Gasteiger partial charge on any atom is -0.384 e. The minimum atomic E-state index is 0.511. The van der Waals surface area contributed by atoms with E-state index in [4.69, 9.17) is 5.73 Å². The van der Waals surface area contributed by atoms with Crippen molar-refractivity contribution in [1.82, 2.24) is 9.97 Å². The summed E-state index contributed by atoms with van der Waals surface area (Å²) in [6.07, 6.45) is 7.86. The van der Waals surface area contributed by atoms with Gasteiger partial charge in [0, 0.05) is 12.7 Å². The highest BCUT2D eigenvalue weighted by atomic mass is 15.1. The third kappa shape index (κ3) is 2.20. The molecule has 1 aromatic heterocycles. The SMILES string of the molecule is CC1(C)[C@H]2CC=C(CCNc3nccc(N)n3)[C@@H]1C2. The Bertz CT molecular complexity index is 507. The van der Waals surface area contributed by atoms with Crippen molar-refractivity contribution in [2.75, 3.05) is 17.6 Å². The molecule has 0 amide bonds. The van der Waals surface area contributed by atoms with Crippen molar-refractivity contribution in [3.63, 3.8) is 0 Å². The molecule has 0 radical (unpaired) electrons. The van der Waals surface area contributed by atoms with E-state index >= 15 is 0 Å². The number of hydrogen-bond acceptors (Lipinski definition) is 4. The number of fused-ring (bicyclic) bond motifs is 1. The number of nitrogen functional groups attached to an aromatic ring is 1. The Kier molecular flexibility index (Phi) is 2.96. The van der Waals surface area contributed by atoms with Crippen LogP contribution in [0.15, 0.2) is 23.9 Å². The van der Waals surface area contributed by atoms with Gasteiger partial charge in [-0.05, 0) is 42.6 Å². The van der Waals surface area contributed by atoms with Crippen LogP contribution in [0.2, 0.25) is 0 Å². The van der Waals surface area contributed by atoms with Crippen LogP contribution in [0.25, 0.3) is 0 Å². The third-order valence-electron chi connectivity index (χ3n) is 4.96. The van der Waals surface area contributed by atoms with E-state index in [1.165, 1.54) is 12.8 Å². The van der Waals surface area contributed by atoms with Gasteiger partial charge in [-0.2, -0.15) is 4.98 Å². The van der Waals surface area contributed by atoms with Gasteiger partial charge >= 0.3 is 0 Å². The van der Waals surface area contributed by atoms with E-state index in [0.29, 0.717) is 17.2 Å². The molecule has 4 rings (SSSR count). The molecule has 0 unspecified atom stereocenters. The van der Waals surface area contributed by atoms with E-state index in [1.54, 1.807) is 17.8 Å². The van der Waals surface area contributed by atoms with Crippen LogP contribution < -0.4 is 11.1 Å². The molecule has 2 atom stereocenters. The molecular formula is C15H22N4. The predicted molar refractivity (Wildman–Crippen MR) is 77.6 cm³/mol. The lowest BCUT2D eigenvalue weighted by Crippen LogP contribution is -2.48. The van der Waals surface area contributed by atoms with Crippen molar-refractivity contribution in [3.8, 4) is 0 Å². The first-order valence-electron chi connectivity index (χ1n) is 7.08. The van der Waals surface area contributed by atoms with Crippen molar-refractivity contribution in [2.45, 2.75) is 33.1 Å². The number of hydrogen-bond donors (Lipinski definition) is 2. The van der Waals surface area contributed by atoms with E-state index in [1.807, 2.05) is 0 Å². The Hall–Kier alpha value is -1.58. The molecular weight excluding hydrogens is 236 g/mol. The van der Waals surface area contributed by atoms with Crippen LogP contribution in [-0.4, -0.2) is 16.5 Å². The Labute approximate surface area is 114 Å². The molecule has 102 valence electrons. The molecule has 1 fully saturated rings. The highest BCUT2D eigenvalue weighted by molar-refractivity contribution is 5.35. The van der Waals surface area contributed by atoms with Gasteiger partial charge in [0.2, 0.25) is 5.95 Å². The molecule has 19 heavy (non-hydrogen) atoms. The average Bonchev–Trinajstić information content (AvgIpc) is 2.39. The van der Waals surface area contributed by atoms with Gasteiger partial charge in [-0.1, -0.05) is 25.5 Å². The summed E-state index contributed by atoms with van der Waals surface area (Å²) in [6, 6.07) is 1.70. The Morgan fingerprint density at radius 1 is 1.47 bits per heavy atom. The topological polar surface area (TPSA) is 63.8 Å². The van der Waals surface area contributed by atoms with E-state index in [9.17, 15) is 0 Å². The zero-order valence-corrected chi connectivity index (χ0v) is 11.7. The monoisotopic (exact) mass is 258 g/mol. The normalized spacial score (nSPS) is 27.4. The zero-order chi connectivity index (χ0) is 13.5. The van der Waals surface area contributed by atoms with Crippen LogP contribution in [0, 0.1) is 17.3 Å². The van der Waals surface area contributed by atoms with Crippen LogP contribution in [0.3, 0.4) is 0 Å². The first kappa shape index (κ1) is 12.5. The van der Waals surface area contributed by atoms with Gasteiger partial charge in [-0.25, -0.2) is 4.98 Å². The molecule has 0 aromatic carbocycles. The van der Waals surface area contributed by atoms with Gasteiger partial charge in [-0.15, -0.1) is 0 Å². The predicted octanol–water partition coefficient (Wildman–Crippen LogP) is 2.85. The summed E-state index contributed by atoms with van der Waals surface area (Å²) < 4.78 is 0. The summed E-state index contributed by atoms with van der Waals surface area (Å²) in [6.45, 7) is 5.70. The molecule has 0 saturated heterocycles. The number of nitrogens with one attached hydrogen (secondary N) is 1. The largest absolute Gasteiger partial charge is 0.384 e. The fourth-order valence-corrected chi connectivity index (χ4v) is 3.53. The van der Waals surface area contributed by atoms with Gasteiger partial charge in [-0.3, -0.25) is 0 Å². The first-order chi connectivity index (χ1) is 9.07. The second kappa shape index (κ2) is 4.51. The molecule has 1 saturated carbocycles. The minimum absolute atomic E-state index is 0.511. The van der Waals surface area contributed by atoms with Crippen molar-refractivity contribution in [1.29, 1.82) is 0 Å². The molecule has 0 aliphatic heterocycles. The lowest BCUT2D eigenvalue weighted by atomic mass is 9.48. The van der Waals surface area contributed by atoms with Crippen LogP contribution in [0.4, 0.5) is 11.8 Å². The lowest BCUT2D eigenvalue weighted by Gasteiger charge is -2.56. The fourth-order valence-electron chi connectivity index (χ4n) is 3.53. The van der Waals surface area contributed by atoms with Crippen molar-refractivity contribution in [2.24, 2.45) is 17.3 Å². The van der Waals surface area contributed by atoms with Crippen molar-refractivity contribution in [3.05, 3.63) is 23.9 Å². The van der Waals surface area contributed by atoms with Crippen LogP contribution in [0.1, 0.15) is 33.1 Å². The van der Waals surface area contributed by atoms with E-state index in [0.717, 1.165) is 24.8 Å². The molecule has 3 aliphatic rings. The Morgan fingerprint density at radius 3 is 3.00 bits per heavy atom. The van der Waals surface area contributed by atoms with E-state index < -0.39 is 0 Å². The molecule has 3 aliphatic carbocycles. The molecule has 1 aromatic rings. The number of anilines is 2. The summed E-state index contributed by atoms with van der Waals surface area (Å²) in [5.41, 5.74) is 7.76. The second-order valence-corrected chi connectivity index (χ2v) is 6.30. The van der Waals surface area contributed by atoms with Gasteiger partial charge in [0.05, 0.1) is 0 Å². The van der Waals surface area contributed by atoms with Gasteiger partial charge in [0.15, 0.2) is 0 Å². The fraction of sp³-hybridized carbons (Fsp3) is 0.600. The quantitative estimate of drug-likeness (QED) is 0.815. The van der Waals surface area contributed by atoms with Gasteiger partial charge < -0.3 is 11.1 Å². The average molecular weight is 258 g/mol. The molecule has 2 bridgehead atoms. The Morgan fingerprint density at radius 2 is 2.32 bits per heavy atom. The van der Waals surface area contributed by atoms with Crippen molar-refractivity contribution >= 4 is 11.8 Å². The molecule has 4 nitrogen and oxygen atoms in total. The number of nitrogens with zero attached hydrogens (tertiary/aromatic N) is 2. The van der Waals surface area contributed by atoms with E-state index in [-0.39, 0.29) is 0 Å². The Balaban J connectivity index is 1.55.